The van der Waals surface area contributed by atoms with E-state index in [0.29, 0.717) is 6.42 Å². The SMILES string of the molecule is CCCC(C)NC(=O)COc1ccc(CC(C)N)cc1F. The molecule has 0 aliphatic carbocycles. The van der Waals surface area contributed by atoms with Gasteiger partial charge in [-0.3, -0.25) is 4.79 Å². The summed E-state index contributed by atoms with van der Waals surface area (Å²) in [4.78, 5) is 11.7. The van der Waals surface area contributed by atoms with Crippen molar-refractivity contribution >= 4 is 5.91 Å². The second-order valence-electron chi connectivity index (χ2n) is 5.49. The smallest absolute Gasteiger partial charge is 0.258 e. The molecule has 1 rings (SSSR count). The Kier molecular flexibility index (Phi) is 7.15. The van der Waals surface area contributed by atoms with Crippen molar-refractivity contribution in [2.24, 2.45) is 5.73 Å². The Bertz CT molecular complexity index is 464. The Morgan fingerprint density at radius 2 is 2.14 bits per heavy atom. The largest absolute Gasteiger partial charge is 0.481 e. The molecule has 0 bridgehead atoms. The Labute approximate surface area is 125 Å². The number of nitrogens with one attached hydrogen (secondary N) is 1. The number of halogens is 1. The van der Waals surface area contributed by atoms with Gasteiger partial charge in [0, 0.05) is 12.1 Å². The molecule has 3 N–H and O–H groups in total. The predicted molar refractivity (Wildman–Crippen MR) is 81.8 cm³/mol. The topological polar surface area (TPSA) is 64.3 Å². The Morgan fingerprint density at radius 3 is 2.71 bits per heavy atom. The number of carbonyl (C=O) groups is 1. The van der Waals surface area contributed by atoms with Gasteiger partial charge in [-0.2, -0.15) is 0 Å². The van der Waals surface area contributed by atoms with E-state index in [0.717, 1.165) is 18.4 Å². The molecule has 0 aliphatic heterocycles. The van der Waals surface area contributed by atoms with Gasteiger partial charge in [-0.1, -0.05) is 19.4 Å². The average molecular weight is 296 g/mol. The maximum atomic E-state index is 13.8. The summed E-state index contributed by atoms with van der Waals surface area (Å²) in [7, 11) is 0. The van der Waals surface area contributed by atoms with Gasteiger partial charge >= 0.3 is 0 Å². The van der Waals surface area contributed by atoms with Crippen LogP contribution in [0.15, 0.2) is 18.2 Å². The molecule has 21 heavy (non-hydrogen) atoms. The van der Waals surface area contributed by atoms with Gasteiger partial charge in [0.25, 0.3) is 5.91 Å². The summed E-state index contributed by atoms with van der Waals surface area (Å²) in [5.41, 5.74) is 6.49. The zero-order valence-corrected chi connectivity index (χ0v) is 13.0. The monoisotopic (exact) mass is 296 g/mol. The summed E-state index contributed by atoms with van der Waals surface area (Å²) in [6.45, 7) is 5.67. The van der Waals surface area contributed by atoms with Crippen LogP contribution in [0.5, 0.6) is 5.75 Å². The van der Waals surface area contributed by atoms with Crippen LogP contribution in [-0.4, -0.2) is 24.6 Å². The zero-order chi connectivity index (χ0) is 15.8. The predicted octanol–water partition coefficient (Wildman–Crippen LogP) is 2.40. The molecule has 0 radical (unpaired) electrons. The molecule has 2 unspecified atom stereocenters. The van der Waals surface area contributed by atoms with Crippen molar-refractivity contribution in [2.45, 2.75) is 52.1 Å². The van der Waals surface area contributed by atoms with Gasteiger partial charge in [0.15, 0.2) is 18.2 Å². The van der Waals surface area contributed by atoms with Crippen molar-refractivity contribution in [1.29, 1.82) is 0 Å². The summed E-state index contributed by atoms with van der Waals surface area (Å²) in [6, 6.07) is 4.78. The van der Waals surface area contributed by atoms with Gasteiger partial charge in [-0.25, -0.2) is 4.39 Å². The quantitative estimate of drug-likeness (QED) is 0.774. The number of benzene rings is 1. The van der Waals surface area contributed by atoms with E-state index in [-0.39, 0.29) is 30.3 Å². The van der Waals surface area contributed by atoms with Crippen LogP contribution in [0.4, 0.5) is 4.39 Å². The molecular formula is C16H25FN2O2. The maximum Gasteiger partial charge on any atom is 0.258 e. The van der Waals surface area contributed by atoms with E-state index in [1.807, 2.05) is 13.8 Å². The fourth-order valence-corrected chi connectivity index (χ4v) is 2.13. The van der Waals surface area contributed by atoms with Crippen molar-refractivity contribution in [3.63, 3.8) is 0 Å². The van der Waals surface area contributed by atoms with Crippen LogP contribution in [0, 0.1) is 5.82 Å². The fraction of sp³-hybridized carbons (Fsp3) is 0.562. The zero-order valence-electron chi connectivity index (χ0n) is 13.0. The molecule has 5 heteroatoms. The van der Waals surface area contributed by atoms with E-state index in [9.17, 15) is 9.18 Å². The molecule has 2 atom stereocenters. The van der Waals surface area contributed by atoms with Crippen LogP contribution >= 0.6 is 0 Å². The number of amides is 1. The molecule has 4 nitrogen and oxygen atoms in total. The number of nitrogens with two attached hydrogens (primary N) is 1. The van der Waals surface area contributed by atoms with Crippen molar-refractivity contribution in [2.75, 3.05) is 6.61 Å². The minimum Gasteiger partial charge on any atom is -0.481 e. The van der Waals surface area contributed by atoms with Crippen LogP contribution < -0.4 is 15.8 Å². The third-order valence-corrected chi connectivity index (χ3v) is 3.04. The molecule has 1 amide bonds. The van der Waals surface area contributed by atoms with Crippen LogP contribution in [0.25, 0.3) is 0 Å². The van der Waals surface area contributed by atoms with Gasteiger partial charge < -0.3 is 15.8 Å². The van der Waals surface area contributed by atoms with Crippen LogP contribution in [0.3, 0.4) is 0 Å². The lowest BCUT2D eigenvalue weighted by molar-refractivity contribution is -0.123. The second kappa shape index (κ2) is 8.62. The normalized spacial score (nSPS) is 13.6. The van der Waals surface area contributed by atoms with Crippen LogP contribution in [-0.2, 0) is 11.2 Å². The highest BCUT2D eigenvalue weighted by molar-refractivity contribution is 5.77. The first kappa shape index (κ1) is 17.4. The first-order valence-electron chi connectivity index (χ1n) is 7.38. The molecule has 0 fully saturated rings. The van der Waals surface area contributed by atoms with E-state index in [4.69, 9.17) is 10.5 Å². The molecule has 0 saturated heterocycles. The first-order valence-corrected chi connectivity index (χ1v) is 7.38. The molecule has 1 aromatic rings. The summed E-state index contributed by atoms with van der Waals surface area (Å²) < 4.78 is 19.1. The van der Waals surface area contributed by atoms with Gasteiger partial charge in [-0.05, 0) is 44.4 Å². The van der Waals surface area contributed by atoms with E-state index in [1.54, 1.807) is 6.07 Å². The molecule has 118 valence electrons. The summed E-state index contributed by atoms with van der Waals surface area (Å²) in [5.74, 6) is -0.626. The van der Waals surface area contributed by atoms with E-state index >= 15 is 0 Å². The molecule has 1 aromatic carbocycles. The van der Waals surface area contributed by atoms with Gasteiger partial charge in [0.2, 0.25) is 0 Å². The van der Waals surface area contributed by atoms with Crippen molar-refractivity contribution in [1.82, 2.24) is 5.32 Å². The third-order valence-electron chi connectivity index (χ3n) is 3.04. The van der Waals surface area contributed by atoms with Gasteiger partial charge in [0.1, 0.15) is 0 Å². The minimum absolute atomic E-state index is 0.0259. The molecule has 0 heterocycles. The summed E-state index contributed by atoms with van der Waals surface area (Å²) >= 11 is 0. The van der Waals surface area contributed by atoms with E-state index in [2.05, 4.69) is 12.2 Å². The number of carbonyl (C=O) groups excluding carboxylic acids is 1. The summed E-state index contributed by atoms with van der Waals surface area (Å²) in [5, 5.41) is 2.81. The Balaban J connectivity index is 2.50. The van der Waals surface area contributed by atoms with Crippen LogP contribution in [0.2, 0.25) is 0 Å². The molecule has 0 spiro atoms. The lowest BCUT2D eigenvalue weighted by Crippen LogP contribution is -2.36. The average Bonchev–Trinajstić information content (AvgIpc) is 2.37. The van der Waals surface area contributed by atoms with Crippen LogP contribution in [0.1, 0.15) is 39.2 Å². The van der Waals surface area contributed by atoms with Crippen molar-refractivity contribution < 1.29 is 13.9 Å². The van der Waals surface area contributed by atoms with Crippen molar-refractivity contribution in [3.8, 4) is 5.75 Å². The number of hydrogen-bond donors (Lipinski definition) is 2. The third kappa shape index (κ3) is 6.58. The highest BCUT2D eigenvalue weighted by Gasteiger charge is 2.10. The number of rotatable bonds is 8. The summed E-state index contributed by atoms with van der Waals surface area (Å²) in [6.07, 6.45) is 2.51. The second-order valence-corrected chi connectivity index (χ2v) is 5.49. The molecule has 0 aromatic heterocycles. The van der Waals surface area contributed by atoms with Crippen molar-refractivity contribution in [3.05, 3.63) is 29.6 Å². The highest BCUT2D eigenvalue weighted by atomic mass is 19.1. The Morgan fingerprint density at radius 1 is 1.43 bits per heavy atom. The maximum absolute atomic E-state index is 13.8. The molecule has 0 aliphatic rings. The fourth-order valence-electron chi connectivity index (χ4n) is 2.13. The van der Waals surface area contributed by atoms with E-state index < -0.39 is 5.82 Å². The van der Waals surface area contributed by atoms with E-state index in [1.165, 1.54) is 12.1 Å². The minimum atomic E-state index is -0.470. The lowest BCUT2D eigenvalue weighted by atomic mass is 10.1. The van der Waals surface area contributed by atoms with Gasteiger partial charge in [-0.15, -0.1) is 0 Å². The molecular weight excluding hydrogens is 271 g/mol. The number of ether oxygens (including phenoxy) is 1. The highest BCUT2D eigenvalue weighted by Crippen LogP contribution is 2.19. The standard InChI is InChI=1S/C16H25FN2O2/c1-4-5-12(3)19-16(20)10-21-15-7-6-13(8-11(2)18)9-14(15)17/h6-7,9,11-12H,4-5,8,10,18H2,1-3H3,(H,19,20). The van der Waals surface area contributed by atoms with Gasteiger partial charge in [0.05, 0.1) is 0 Å². The number of hydrogen-bond acceptors (Lipinski definition) is 3. The first-order chi connectivity index (χ1) is 9.92. The molecule has 0 saturated carbocycles. The Hall–Kier alpha value is -1.62. The lowest BCUT2D eigenvalue weighted by Gasteiger charge is -2.14.